The lowest BCUT2D eigenvalue weighted by Crippen LogP contribution is -2.38. The lowest BCUT2D eigenvalue weighted by atomic mass is 9.82. The first-order valence-electron chi connectivity index (χ1n) is 6.66. The van der Waals surface area contributed by atoms with Gasteiger partial charge < -0.3 is 9.73 Å². The zero-order valence-electron chi connectivity index (χ0n) is 10.2. The molecule has 0 spiro atoms. The van der Waals surface area contributed by atoms with E-state index in [1.807, 2.05) is 6.07 Å². The molecule has 2 nitrogen and oxygen atoms in total. The van der Waals surface area contributed by atoms with Gasteiger partial charge in [-0.1, -0.05) is 26.2 Å². The molecule has 1 atom stereocenters. The molecular weight excluding hydrogens is 198 g/mol. The maximum atomic E-state index is 5.46. The van der Waals surface area contributed by atoms with E-state index in [1.165, 1.54) is 32.1 Å². The lowest BCUT2D eigenvalue weighted by Gasteiger charge is -2.30. The van der Waals surface area contributed by atoms with Crippen molar-refractivity contribution in [1.82, 2.24) is 5.32 Å². The Morgan fingerprint density at radius 3 is 2.81 bits per heavy atom. The highest BCUT2D eigenvalue weighted by Crippen LogP contribution is 2.28. The van der Waals surface area contributed by atoms with E-state index in [-0.39, 0.29) is 0 Å². The standard InChI is InChI=1S/C14H23NO/c1-2-15-14(11-13-9-6-10-16-13)12-7-4-3-5-8-12/h6,9-10,12,14-15H,2-5,7-8,11H2,1H3. The average molecular weight is 221 g/mol. The summed E-state index contributed by atoms with van der Waals surface area (Å²) >= 11 is 0. The topological polar surface area (TPSA) is 25.2 Å². The molecule has 2 rings (SSSR count). The van der Waals surface area contributed by atoms with Crippen molar-refractivity contribution in [1.29, 1.82) is 0 Å². The monoisotopic (exact) mass is 221 g/mol. The maximum absolute atomic E-state index is 5.46. The zero-order valence-corrected chi connectivity index (χ0v) is 10.2. The minimum Gasteiger partial charge on any atom is -0.469 e. The van der Waals surface area contributed by atoms with Crippen LogP contribution in [0.5, 0.6) is 0 Å². The molecule has 1 heterocycles. The van der Waals surface area contributed by atoms with Crippen LogP contribution in [-0.4, -0.2) is 12.6 Å². The predicted octanol–water partition coefficient (Wildman–Crippen LogP) is 3.38. The Kier molecular flexibility index (Phi) is 4.46. The maximum Gasteiger partial charge on any atom is 0.105 e. The fourth-order valence-electron chi connectivity index (χ4n) is 2.85. The van der Waals surface area contributed by atoms with E-state index < -0.39 is 0 Å². The minimum atomic E-state index is 0.608. The highest BCUT2D eigenvalue weighted by atomic mass is 16.3. The summed E-state index contributed by atoms with van der Waals surface area (Å²) in [5.41, 5.74) is 0. The molecule has 1 fully saturated rings. The summed E-state index contributed by atoms with van der Waals surface area (Å²) in [4.78, 5) is 0. The number of furan rings is 1. The number of hydrogen-bond donors (Lipinski definition) is 1. The van der Waals surface area contributed by atoms with E-state index >= 15 is 0 Å². The Hall–Kier alpha value is -0.760. The largest absolute Gasteiger partial charge is 0.469 e. The van der Waals surface area contributed by atoms with Gasteiger partial charge in [0.1, 0.15) is 5.76 Å². The third-order valence-electron chi connectivity index (χ3n) is 3.69. The molecular formula is C14H23NO. The van der Waals surface area contributed by atoms with Crippen LogP contribution < -0.4 is 5.32 Å². The number of rotatable bonds is 5. The van der Waals surface area contributed by atoms with Gasteiger partial charge in [-0.3, -0.25) is 0 Å². The van der Waals surface area contributed by atoms with Crippen LogP contribution in [0.3, 0.4) is 0 Å². The van der Waals surface area contributed by atoms with Crippen LogP contribution in [0.1, 0.15) is 44.8 Å². The van der Waals surface area contributed by atoms with Crippen molar-refractivity contribution >= 4 is 0 Å². The molecule has 0 bridgehead atoms. The van der Waals surface area contributed by atoms with E-state index in [4.69, 9.17) is 4.42 Å². The Balaban J connectivity index is 1.92. The first-order chi connectivity index (χ1) is 7.90. The average Bonchev–Trinajstić information content (AvgIpc) is 2.83. The molecule has 1 aromatic heterocycles. The molecule has 2 heteroatoms. The summed E-state index contributed by atoms with van der Waals surface area (Å²) in [7, 11) is 0. The quantitative estimate of drug-likeness (QED) is 0.824. The van der Waals surface area contributed by atoms with Crippen molar-refractivity contribution in [3.05, 3.63) is 24.2 Å². The van der Waals surface area contributed by atoms with E-state index in [2.05, 4.69) is 18.3 Å². The number of hydrogen-bond acceptors (Lipinski definition) is 2. The van der Waals surface area contributed by atoms with E-state index in [0.29, 0.717) is 6.04 Å². The molecule has 1 aliphatic rings. The van der Waals surface area contributed by atoms with Crippen molar-refractivity contribution in [2.75, 3.05) is 6.54 Å². The molecule has 0 aromatic carbocycles. The van der Waals surface area contributed by atoms with Crippen LogP contribution >= 0.6 is 0 Å². The molecule has 0 amide bonds. The summed E-state index contributed by atoms with van der Waals surface area (Å²) in [5, 5.41) is 3.63. The molecule has 1 N–H and O–H groups in total. The van der Waals surface area contributed by atoms with Gasteiger partial charge in [-0.2, -0.15) is 0 Å². The Morgan fingerprint density at radius 2 is 2.19 bits per heavy atom. The van der Waals surface area contributed by atoms with Crippen LogP contribution in [0.15, 0.2) is 22.8 Å². The van der Waals surface area contributed by atoms with Gasteiger partial charge >= 0.3 is 0 Å². The van der Waals surface area contributed by atoms with Gasteiger partial charge in [0.05, 0.1) is 6.26 Å². The molecule has 0 saturated heterocycles. The fourth-order valence-corrected chi connectivity index (χ4v) is 2.85. The summed E-state index contributed by atoms with van der Waals surface area (Å²) in [6, 6.07) is 4.68. The number of likely N-dealkylation sites (N-methyl/N-ethyl adjacent to an activating group) is 1. The van der Waals surface area contributed by atoms with Crippen molar-refractivity contribution in [2.24, 2.45) is 5.92 Å². The molecule has 1 aromatic rings. The van der Waals surface area contributed by atoms with Crippen molar-refractivity contribution in [3.8, 4) is 0 Å². The van der Waals surface area contributed by atoms with Gasteiger partial charge in [0.15, 0.2) is 0 Å². The summed E-state index contributed by atoms with van der Waals surface area (Å²) in [6.45, 7) is 3.25. The smallest absolute Gasteiger partial charge is 0.105 e. The van der Waals surface area contributed by atoms with Gasteiger partial charge in [0.2, 0.25) is 0 Å². The van der Waals surface area contributed by atoms with Gasteiger partial charge in [0, 0.05) is 12.5 Å². The van der Waals surface area contributed by atoms with Gasteiger partial charge in [-0.25, -0.2) is 0 Å². The van der Waals surface area contributed by atoms with Crippen LogP contribution in [0.4, 0.5) is 0 Å². The highest BCUT2D eigenvalue weighted by Gasteiger charge is 2.23. The van der Waals surface area contributed by atoms with Crippen molar-refractivity contribution in [3.63, 3.8) is 0 Å². The van der Waals surface area contributed by atoms with Crippen LogP contribution in [0, 0.1) is 5.92 Å². The van der Waals surface area contributed by atoms with Crippen LogP contribution in [0.2, 0.25) is 0 Å². The van der Waals surface area contributed by atoms with Crippen LogP contribution in [0.25, 0.3) is 0 Å². The molecule has 90 valence electrons. The first kappa shape index (κ1) is 11.7. The summed E-state index contributed by atoms with van der Waals surface area (Å²) in [6.07, 6.45) is 9.84. The predicted molar refractivity (Wildman–Crippen MR) is 66.5 cm³/mol. The Labute approximate surface area is 98.4 Å². The third kappa shape index (κ3) is 3.11. The first-order valence-corrected chi connectivity index (χ1v) is 6.66. The zero-order chi connectivity index (χ0) is 11.2. The minimum absolute atomic E-state index is 0.608. The molecule has 0 aliphatic heterocycles. The highest BCUT2D eigenvalue weighted by molar-refractivity contribution is 5.01. The van der Waals surface area contributed by atoms with Crippen LogP contribution in [-0.2, 0) is 6.42 Å². The second kappa shape index (κ2) is 6.09. The van der Waals surface area contributed by atoms with Crippen molar-refractivity contribution < 1.29 is 4.42 Å². The molecule has 0 radical (unpaired) electrons. The van der Waals surface area contributed by atoms with E-state index in [0.717, 1.165) is 24.6 Å². The molecule has 1 saturated carbocycles. The van der Waals surface area contributed by atoms with Crippen molar-refractivity contribution in [2.45, 2.75) is 51.5 Å². The summed E-state index contributed by atoms with van der Waals surface area (Å²) in [5.74, 6) is 1.97. The van der Waals surface area contributed by atoms with Gasteiger partial charge in [0.25, 0.3) is 0 Å². The molecule has 16 heavy (non-hydrogen) atoms. The summed E-state index contributed by atoms with van der Waals surface area (Å²) < 4.78 is 5.46. The Morgan fingerprint density at radius 1 is 1.38 bits per heavy atom. The SMILES string of the molecule is CCNC(Cc1ccco1)C1CCCCC1. The van der Waals surface area contributed by atoms with E-state index in [9.17, 15) is 0 Å². The second-order valence-electron chi connectivity index (χ2n) is 4.85. The number of nitrogens with one attached hydrogen (secondary N) is 1. The van der Waals surface area contributed by atoms with Gasteiger partial charge in [-0.05, 0) is 37.4 Å². The fraction of sp³-hybridized carbons (Fsp3) is 0.714. The lowest BCUT2D eigenvalue weighted by molar-refractivity contribution is 0.261. The van der Waals surface area contributed by atoms with Gasteiger partial charge in [-0.15, -0.1) is 0 Å². The molecule has 1 aliphatic carbocycles. The normalized spacial score (nSPS) is 19.8. The third-order valence-corrected chi connectivity index (χ3v) is 3.69. The van der Waals surface area contributed by atoms with E-state index in [1.54, 1.807) is 6.26 Å². The molecule has 1 unspecified atom stereocenters. The second-order valence-corrected chi connectivity index (χ2v) is 4.85. The Bertz CT molecular complexity index is 275.